The number of halogens is 2. The third-order valence-electron chi connectivity index (χ3n) is 1.70. The van der Waals surface area contributed by atoms with Crippen molar-refractivity contribution in [2.75, 3.05) is 0 Å². The summed E-state index contributed by atoms with van der Waals surface area (Å²) < 4.78 is 13.0. The molecule has 0 heterocycles. The predicted molar refractivity (Wildman–Crippen MR) is 52.8 cm³/mol. The van der Waals surface area contributed by atoms with Crippen molar-refractivity contribution < 1.29 is 14.3 Å². The Kier molecular flexibility index (Phi) is 5.12. The molecular weight excluding hydrogens is 209 g/mol. The molecule has 0 amide bonds. The molecular formula is C9H11ClFNO2. The van der Waals surface area contributed by atoms with Gasteiger partial charge in [-0.15, -0.1) is 12.4 Å². The lowest BCUT2D eigenvalue weighted by molar-refractivity contribution is -0.137. The number of benzene rings is 1. The van der Waals surface area contributed by atoms with Crippen LogP contribution in [0, 0.1) is 5.82 Å². The molecule has 0 fully saturated rings. The summed E-state index contributed by atoms with van der Waals surface area (Å²) in [6, 6.07) is 5.13. The molecule has 3 nitrogen and oxygen atoms in total. The van der Waals surface area contributed by atoms with Crippen LogP contribution in [0.25, 0.3) is 0 Å². The van der Waals surface area contributed by atoms with Crippen LogP contribution >= 0.6 is 12.4 Å². The molecule has 0 aliphatic heterocycles. The van der Waals surface area contributed by atoms with E-state index < -0.39 is 17.8 Å². The molecule has 0 saturated heterocycles. The fourth-order valence-electron chi connectivity index (χ4n) is 1.07. The first-order valence-corrected chi connectivity index (χ1v) is 3.83. The van der Waals surface area contributed by atoms with Crippen molar-refractivity contribution in [1.82, 2.24) is 0 Å². The van der Waals surface area contributed by atoms with Gasteiger partial charge in [-0.2, -0.15) is 0 Å². The Hall–Kier alpha value is -1.13. The normalized spacial score (nSPS) is 11.6. The maximum Gasteiger partial charge on any atom is 0.305 e. The molecule has 0 aliphatic carbocycles. The predicted octanol–water partition coefficient (Wildman–Crippen LogP) is 1.72. The molecule has 5 heteroatoms. The minimum Gasteiger partial charge on any atom is -0.481 e. The Bertz CT molecular complexity index is 319. The summed E-state index contributed by atoms with van der Waals surface area (Å²) in [4.78, 5) is 10.3. The minimum atomic E-state index is -1.03. The van der Waals surface area contributed by atoms with E-state index in [-0.39, 0.29) is 24.4 Å². The molecule has 0 bridgehead atoms. The van der Waals surface area contributed by atoms with Crippen LogP contribution in [0.4, 0.5) is 4.39 Å². The average molecular weight is 220 g/mol. The number of nitrogens with two attached hydrogens (primary N) is 1. The van der Waals surface area contributed by atoms with Crippen LogP contribution in [-0.2, 0) is 4.79 Å². The first kappa shape index (κ1) is 12.9. The van der Waals surface area contributed by atoms with Gasteiger partial charge in [0.05, 0.1) is 6.42 Å². The third kappa shape index (κ3) is 3.32. The SMILES string of the molecule is Cl.NC(CC(=O)O)c1ccccc1F. The van der Waals surface area contributed by atoms with E-state index in [4.69, 9.17) is 10.8 Å². The molecule has 3 N–H and O–H groups in total. The zero-order valence-corrected chi connectivity index (χ0v) is 8.13. The highest BCUT2D eigenvalue weighted by Crippen LogP contribution is 2.16. The van der Waals surface area contributed by atoms with Crippen LogP contribution in [0.2, 0.25) is 0 Å². The topological polar surface area (TPSA) is 63.3 Å². The van der Waals surface area contributed by atoms with Crippen molar-refractivity contribution >= 4 is 18.4 Å². The fourth-order valence-corrected chi connectivity index (χ4v) is 1.07. The molecule has 1 atom stereocenters. The molecule has 0 aromatic heterocycles. The summed E-state index contributed by atoms with van der Waals surface area (Å²) in [6.07, 6.45) is -0.263. The van der Waals surface area contributed by atoms with Gasteiger partial charge in [0.25, 0.3) is 0 Å². The first-order valence-electron chi connectivity index (χ1n) is 3.83. The molecule has 14 heavy (non-hydrogen) atoms. The molecule has 1 unspecified atom stereocenters. The van der Waals surface area contributed by atoms with Crippen molar-refractivity contribution in [2.45, 2.75) is 12.5 Å². The zero-order valence-electron chi connectivity index (χ0n) is 7.31. The second-order valence-corrected chi connectivity index (χ2v) is 2.73. The van der Waals surface area contributed by atoms with Crippen LogP contribution in [0.5, 0.6) is 0 Å². The van der Waals surface area contributed by atoms with Gasteiger partial charge in [0.2, 0.25) is 0 Å². The first-order chi connectivity index (χ1) is 6.11. The van der Waals surface area contributed by atoms with Crippen molar-refractivity contribution in [3.8, 4) is 0 Å². The number of carboxylic acids is 1. The zero-order chi connectivity index (χ0) is 9.84. The standard InChI is InChI=1S/C9H10FNO2.ClH/c10-7-4-2-1-3-6(7)8(11)5-9(12)13;/h1-4,8H,5,11H2,(H,12,13);1H. The van der Waals surface area contributed by atoms with E-state index in [9.17, 15) is 9.18 Å². The summed E-state index contributed by atoms with van der Waals surface area (Å²) in [5, 5.41) is 8.43. The summed E-state index contributed by atoms with van der Waals surface area (Å²) >= 11 is 0. The van der Waals surface area contributed by atoms with E-state index in [1.165, 1.54) is 18.2 Å². The van der Waals surface area contributed by atoms with E-state index >= 15 is 0 Å². The van der Waals surface area contributed by atoms with Gasteiger partial charge in [-0.1, -0.05) is 18.2 Å². The lowest BCUT2D eigenvalue weighted by Gasteiger charge is -2.09. The quantitative estimate of drug-likeness (QED) is 0.814. The van der Waals surface area contributed by atoms with E-state index in [1.807, 2.05) is 0 Å². The molecule has 1 aromatic carbocycles. The van der Waals surface area contributed by atoms with Gasteiger partial charge in [-0.25, -0.2) is 4.39 Å². The Morgan fingerprint density at radius 3 is 2.57 bits per heavy atom. The molecule has 0 spiro atoms. The van der Waals surface area contributed by atoms with E-state index in [1.54, 1.807) is 6.07 Å². The minimum absolute atomic E-state index is 0. The highest BCUT2D eigenvalue weighted by atomic mass is 35.5. The van der Waals surface area contributed by atoms with Crippen LogP contribution in [0.3, 0.4) is 0 Å². The summed E-state index contributed by atoms with van der Waals surface area (Å²) in [6.45, 7) is 0. The Balaban J connectivity index is 0.00000169. The monoisotopic (exact) mass is 219 g/mol. The van der Waals surface area contributed by atoms with Gasteiger partial charge >= 0.3 is 5.97 Å². The van der Waals surface area contributed by atoms with Gasteiger partial charge in [-0.3, -0.25) is 4.79 Å². The second-order valence-electron chi connectivity index (χ2n) is 2.73. The molecule has 0 saturated carbocycles. The van der Waals surface area contributed by atoms with Crippen molar-refractivity contribution in [3.05, 3.63) is 35.6 Å². The highest BCUT2D eigenvalue weighted by Gasteiger charge is 2.13. The summed E-state index contributed by atoms with van der Waals surface area (Å²) in [5.41, 5.74) is 5.72. The Labute approximate surface area is 87.1 Å². The fraction of sp³-hybridized carbons (Fsp3) is 0.222. The highest BCUT2D eigenvalue weighted by molar-refractivity contribution is 5.85. The number of aliphatic carboxylic acids is 1. The summed E-state index contributed by atoms with van der Waals surface area (Å²) in [5.74, 6) is -1.49. The molecule has 0 aliphatic rings. The van der Waals surface area contributed by atoms with Crippen LogP contribution in [0.15, 0.2) is 24.3 Å². The van der Waals surface area contributed by atoms with Crippen LogP contribution in [0.1, 0.15) is 18.0 Å². The maximum absolute atomic E-state index is 13.0. The lowest BCUT2D eigenvalue weighted by Crippen LogP contribution is -2.16. The van der Waals surface area contributed by atoms with Crippen molar-refractivity contribution in [3.63, 3.8) is 0 Å². The number of carbonyl (C=O) groups is 1. The lowest BCUT2D eigenvalue weighted by atomic mass is 10.0. The van der Waals surface area contributed by atoms with Gasteiger partial charge < -0.3 is 10.8 Å². The summed E-state index contributed by atoms with van der Waals surface area (Å²) in [7, 11) is 0. The number of carboxylic acid groups (broad SMARTS) is 1. The van der Waals surface area contributed by atoms with Crippen LogP contribution < -0.4 is 5.73 Å². The van der Waals surface area contributed by atoms with Gasteiger partial charge in [0.15, 0.2) is 0 Å². The Morgan fingerprint density at radius 2 is 2.07 bits per heavy atom. The van der Waals surface area contributed by atoms with Crippen LogP contribution in [-0.4, -0.2) is 11.1 Å². The Morgan fingerprint density at radius 1 is 1.50 bits per heavy atom. The van der Waals surface area contributed by atoms with Crippen molar-refractivity contribution in [2.24, 2.45) is 5.73 Å². The molecule has 0 radical (unpaired) electrons. The molecule has 1 aromatic rings. The van der Waals surface area contributed by atoms with E-state index in [0.717, 1.165) is 0 Å². The number of hydrogen-bond donors (Lipinski definition) is 2. The third-order valence-corrected chi connectivity index (χ3v) is 1.70. The molecule has 1 rings (SSSR count). The maximum atomic E-state index is 13.0. The van der Waals surface area contributed by atoms with E-state index in [0.29, 0.717) is 0 Å². The van der Waals surface area contributed by atoms with Gasteiger partial charge in [0, 0.05) is 11.6 Å². The second kappa shape index (κ2) is 5.57. The average Bonchev–Trinajstić information content (AvgIpc) is 2.03. The van der Waals surface area contributed by atoms with E-state index in [2.05, 4.69) is 0 Å². The van der Waals surface area contributed by atoms with Gasteiger partial charge in [-0.05, 0) is 6.07 Å². The number of rotatable bonds is 3. The molecule has 78 valence electrons. The van der Waals surface area contributed by atoms with Gasteiger partial charge in [0.1, 0.15) is 5.82 Å². The smallest absolute Gasteiger partial charge is 0.305 e. The largest absolute Gasteiger partial charge is 0.481 e. The number of hydrogen-bond acceptors (Lipinski definition) is 2. The van der Waals surface area contributed by atoms with Crippen molar-refractivity contribution in [1.29, 1.82) is 0 Å².